The lowest BCUT2D eigenvalue weighted by atomic mass is 10.2. The lowest BCUT2D eigenvalue weighted by Gasteiger charge is -2.30. The van der Waals surface area contributed by atoms with Gasteiger partial charge in [0.2, 0.25) is 5.84 Å². The van der Waals surface area contributed by atoms with Crippen LogP contribution in [-0.2, 0) is 14.3 Å². The van der Waals surface area contributed by atoms with Crippen molar-refractivity contribution in [2.75, 3.05) is 25.3 Å². The van der Waals surface area contributed by atoms with Gasteiger partial charge in [-0.2, -0.15) is 0 Å². The molecule has 0 spiro atoms. The highest BCUT2D eigenvalue weighted by Gasteiger charge is 2.30. The van der Waals surface area contributed by atoms with Gasteiger partial charge in [-0.15, -0.1) is 0 Å². The van der Waals surface area contributed by atoms with E-state index < -0.39 is 6.04 Å². The van der Waals surface area contributed by atoms with Crippen LogP contribution in [0.3, 0.4) is 0 Å². The summed E-state index contributed by atoms with van der Waals surface area (Å²) in [4.78, 5) is 28.4. The lowest BCUT2D eigenvalue weighted by Crippen LogP contribution is -2.58. The van der Waals surface area contributed by atoms with Crippen molar-refractivity contribution in [2.45, 2.75) is 19.4 Å². The first-order chi connectivity index (χ1) is 10.6. The SMILES string of the molecule is COCCCNC(=O)C1=N[C@H](C)C(=O)N(c2ccccc2)N1. The number of aliphatic imine (C=N–C) groups is 1. The third-order valence-corrected chi connectivity index (χ3v) is 3.16. The van der Waals surface area contributed by atoms with E-state index in [2.05, 4.69) is 15.7 Å². The lowest BCUT2D eigenvalue weighted by molar-refractivity contribution is -0.120. The molecule has 7 heteroatoms. The number of methoxy groups -OCH3 is 1. The van der Waals surface area contributed by atoms with Crippen LogP contribution in [0.25, 0.3) is 0 Å². The van der Waals surface area contributed by atoms with Gasteiger partial charge in [-0.3, -0.25) is 15.0 Å². The molecule has 1 heterocycles. The van der Waals surface area contributed by atoms with Gasteiger partial charge >= 0.3 is 0 Å². The predicted molar refractivity (Wildman–Crippen MR) is 83.5 cm³/mol. The molecule has 1 aromatic carbocycles. The molecule has 2 rings (SSSR count). The molecule has 0 fully saturated rings. The number of carbonyl (C=O) groups excluding carboxylic acids is 2. The Balaban J connectivity index is 2.05. The molecule has 0 aromatic heterocycles. The van der Waals surface area contributed by atoms with E-state index >= 15 is 0 Å². The maximum Gasteiger partial charge on any atom is 0.288 e. The summed E-state index contributed by atoms with van der Waals surface area (Å²) in [6.07, 6.45) is 0.715. The van der Waals surface area contributed by atoms with Gasteiger partial charge in [-0.1, -0.05) is 18.2 Å². The van der Waals surface area contributed by atoms with Crippen molar-refractivity contribution in [1.29, 1.82) is 0 Å². The number of rotatable bonds is 6. The number of anilines is 1. The van der Waals surface area contributed by atoms with Gasteiger partial charge in [0.1, 0.15) is 6.04 Å². The largest absolute Gasteiger partial charge is 0.385 e. The fourth-order valence-corrected chi connectivity index (χ4v) is 2.01. The first kappa shape index (κ1) is 16.0. The average molecular weight is 304 g/mol. The molecule has 1 atom stereocenters. The van der Waals surface area contributed by atoms with Crippen LogP contribution in [0.4, 0.5) is 5.69 Å². The Morgan fingerprint density at radius 1 is 1.41 bits per heavy atom. The van der Waals surface area contributed by atoms with Crippen molar-refractivity contribution in [2.24, 2.45) is 4.99 Å². The van der Waals surface area contributed by atoms with E-state index in [0.717, 1.165) is 0 Å². The third-order valence-electron chi connectivity index (χ3n) is 3.16. The van der Waals surface area contributed by atoms with Gasteiger partial charge in [-0.05, 0) is 25.5 Å². The van der Waals surface area contributed by atoms with E-state index in [1.54, 1.807) is 26.2 Å². The molecule has 0 saturated carbocycles. The van der Waals surface area contributed by atoms with Crippen molar-refractivity contribution >= 4 is 23.3 Å². The smallest absolute Gasteiger partial charge is 0.288 e. The molecule has 0 radical (unpaired) electrons. The zero-order valence-electron chi connectivity index (χ0n) is 12.7. The molecular formula is C15H20N4O3. The molecule has 1 aromatic rings. The minimum absolute atomic E-state index is 0.133. The summed E-state index contributed by atoms with van der Waals surface area (Å²) < 4.78 is 4.93. The monoisotopic (exact) mass is 304 g/mol. The maximum atomic E-state index is 12.2. The Labute approximate surface area is 129 Å². The van der Waals surface area contributed by atoms with E-state index in [0.29, 0.717) is 25.3 Å². The fraction of sp³-hybridized carbons (Fsp3) is 0.400. The summed E-state index contributed by atoms with van der Waals surface area (Å²) in [7, 11) is 1.61. The zero-order chi connectivity index (χ0) is 15.9. The third kappa shape index (κ3) is 3.82. The number of ether oxygens (including phenoxy) is 1. The van der Waals surface area contributed by atoms with Crippen LogP contribution in [0.15, 0.2) is 35.3 Å². The van der Waals surface area contributed by atoms with Crippen LogP contribution < -0.4 is 15.8 Å². The molecule has 1 aliphatic rings. The fourth-order valence-electron chi connectivity index (χ4n) is 2.01. The van der Waals surface area contributed by atoms with Crippen molar-refractivity contribution in [3.8, 4) is 0 Å². The second kappa shape index (κ2) is 7.56. The zero-order valence-corrected chi connectivity index (χ0v) is 12.7. The highest BCUT2D eigenvalue weighted by molar-refractivity contribution is 6.39. The minimum atomic E-state index is -0.610. The molecule has 22 heavy (non-hydrogen) atoms. The van der Waals surface area contributed by atoms with Gasteiger partial charge in [0, 0.05) is 20.3 Å². The summed E-state index contributed by atoms with van der Waals surface area (Å²) in [5, 5.41) is 4.09. The van der Waals surface area contributed by atoms with Crippen molar-refractivity contribution in [3.05, 3.63) is 30.3 Å². The second-order valence-electron chi connectivity index (χ2n) is 4.88. The molecule has 2 amide bonds. The van der Waals surface area contributed by atoms with Crippen LogP contribution >= 0.6 is 0 Å². The number of nitrogens with one attached hydrogen (secondary N) is 2. The van der Waals surface area contributed by atoms with Gasteiger partial charge in [0.25, 0.3) is 11.8 Å². The number of hydrogen-bond acceptors (Lipinski definition) is 5. The Morgan fingerprint density at radius 3 is 2.82 bits per heavy atom. The number of para-hydroxylation sites is 1. The Kier molecular flexibility index (Phi) is 5.48. The van der Waals surface area contributed by atoms with Crippen molar-refractivity contribution in [1.82, 2.24) is 10.7 Å². The summed E-state index contributed by atoms with van der Waals surface area (Å²) >= 11 is 0. The molecular weight excluding hydrogens is 284 g/mol. The standard InChI is InChI=1S/C15H20N4O3/c1-11-15(21)19(12-7-4-3-5-8-12)18-13(17-11)14(20)16-9-6-10-22-2/h3-5,7-8,11H,6,9-10H2,1-2H3,(H,16,20)(H,17,18)/t11-/m1/s1. The Morgan fingerprint density at radius 2 is 2.14 bits per heavy atom. The Bertz CT molecular complexity index is 559. The minimum Gasteiger partial charge on any atom is -0.385 e. The second-order valence-corrected chi connectivity index (χ2v) is 4.88. The van der Waals surface area contributed by atoms with Crippen LogP contribution in [0.1, 0.15) is 13.3 Å². The van der Waals surface area contributed by atoms with Gasteiger partial charge < -0.3 is 10.1 Å². The van der Waals surface area contributed by atoms with E-state index in [-0.39, 0.29) is 17.6 Å². The van der Waals surface area contributed by atoms with Crippen LogP contribution in [0, 0.1) is 0 Å². The van der Waals surface area contributed by atoms with E-state index in [1.807, 2.05) is 18.2 Å². The molecule has 1 aliphatic heterocycles. The molecule has 0 unspecified atom stereocenters. The van der Waals surface area contributed by atoms with Gasteiger partial charge in [-0.25, -0.2) is 10.0 Å². The first-order valence-corrected chi connectivity index (χ1v) is 7.14. The molecule has 2 N–H and O–H groups in total. The van der Waals surface area contributed by atoms with Crippen LogP contribution in [0.2, 0.25) is 0 Å². The van der Waals surface area contributed by atoms with E-state index in [1.165, 1.54) is 5.01 Å². The van der Waals surface area contributed by atoms with Gasteiger partial charge in [0.05, 0.1) is 5.69 Å². The summed E-state index contributed by atoms with van der Waals surface area (Å²) in [6, 6.07) is 8.48. The van der Waals surface area contributed by atoms with Crippen molar-refractivity contribution in [3.63, 3.8) is 0 Å². The number of benzene rings is 1. The summed E-state index contributed by atoms with van der Waals surface area (Å²) in [5.74, 6) is -0.410. The highest BCUT2D eigenvalue weighted by Crippen LogP contribution is 2.15. The number of hydrazine groups is 1. The topological polar surface area (TPSA) is 83.0 Å². The summed E-state index contributed by atoms with van der Waals surface area (Å²) in [5.41, 5.74) is 3.45. The molecule has 7 nitrogen and oxygen atoms in total. The predicted octanol–water partition coefficient (Wildman–Crippen LogP) is 0.477. The number of amidine groups is 1. The molecule has 0 aliphatic carbocycles. The number of nitrogens with zero attached hydrogens (tertiary/aromatic N) is 2. The summed E-state index contributed by atoms with van der Waals surface area (Å²) in [6.45, 7) is 2.73. The van der Waals surface area contributed by atoms with E-state index in [4.69, 9.17) is 4.74 Å². The molecule has 118 valence electrons. The Hall–Kier alpha value is -2.41. The highest BCUT2D eigenvalue weighted by atomic mass is 16.5. The number of hydrogen-bond donors (Lipinski definition) is 2. The van der Waals surface area contributed by atoms with E-state index in [9.17, 15) is 9.59 Å². The maximum absolute atomic E-state index is 12.2. The van der Waals surface area contributed by atoms with Crippen LogP contribution in [-0.4, -0.2) is 44.0 Å². The normalized spacial score (nSPS) is 17.7. The average Bonchev–Trinajstić information content (AvgIpc) is 2.54. The van der Waals surface area contributed by atoms with Crippen LogP contribution in [0.5, 0.6) is 0 Å². The van der Waals surface area contributed by atoms with Gasteiger partial charge in [0.15, 0.2) is 0 Å². The first-order valence-electron chi connectivity index (χ1n) is 7.14. The number of carbonyl (C=O) groups is 2. The quantitative estimate of drug-likeness (QED) is 0.749. The molecule has 0 bridgehead atoms. The number of amides is 2. The van der Waals surface area contributed by atoms with Crippen molar-refractivity contribution < 1.29 is 14.3 Å². The molecule has 0 saturated heterocycles.